The van der Waals surface area contributed by atoms with Crippen molar-refractivity contribution in [3.8, 4) is 22.8 Å². The first-order chi connectivity index (χ1) is 20.5. The third-order valence-corrected chi connectivity index (χ3v) is 12.3. The Kier molecular flexibility index (Phi) is 8.47. The Balaban J connectivity index is 1.46. The van der Waals surface area contributed by atoms with E-state index in [0.717, 1.165) is 11.3 Å². The summed E-state index contributed by atoms with van der Waals surface area (Å²) >= 11 is 0. The quantitative estimate of drug-likeness (QED) is 0.182. The third kappa shape index (κ3) is 6.83. The number of rotatable bonds is 11. The van der Waals surface area contributed by atoms with Crippen LogP contribution >= 0.6 is 0 Å². The molecule has 0 bridgehead atoms. The van der Waals surface area contributed by atoms with Crippen LogP contribution < -0.4 is 14.4 Å². The number of aryl methyl sites for hydroxylation is 1. The largest absolute Gasteiger partial charge is 0.497 e. The number of benzene rings is 1. The van der Waals surface area contributed by atoms with Gasteiger partial charge in [-0.25, -0.2) is 15.0 Å². The number of nitrogens with zero attached hydrogens (tertiary/aromatic N) is 9. The van der Waals surface area contributed by atoms with Gasteiger partial charge >= 0.3 is 0 Å². The molecule has 0 aliphatic rings. The molecule has 5 aromatic rings. The van der Waals surface area contributed by atoms with Crippen LogP contribution in [0.2, 0.25) is 18.1 Å². The highest BCUT2D eigenvalue weighted by atomic mass is 28.4. The van der Waals surface area contributed by atoms with Crippen molar-refractivity contribution in [1.29, 1.82) is 0 Å². The molecule has 0 saturated heterocycles. The lowest BCUT2D eigenvalue weighted by Crippen LogP contribution is -2.41. The zero-order valence-corrected chi connectivity index (χ0v) is 27.1. The minimum absolute atomic E-state index is 0.148. The van der Waals surface area contributed by atoms with Crippen molar-refractivity contribution in [2.75, 3.05) is 25.7 Å². The molecule has 0 fully saturated rings. The standard InChI is InChI=1S/C30H39N9O3Si/c1-30(2,3)43(7,8)42-12-11-38-20-32-27(36-38)19-39(22-13-23(40-5)15-24(14-22)41-6)28-10-9-25-29(35-28)34-26(17-31-25)21-16-33-37(4)18-21/h9-10,13-18,20H,11-12,19H2,1-8H3. The maximum Gasteiger partial charge on any atom is 0.192 e. The van der Waals surface area contributed by atoms with Crippen LogP contribution in [0.1, 0.15) is 26.6 Å². The third-order valence-electron chi connectivity index (χ3n) is 7.79. The Morgan fingerprint density at radius 3 is 2.35 bits per heavy atom. The maximum atomic E-state index is 6.35. The molecular formula is C30H39N9O3Si. The van der Waals surface area contributed by atoms with E-state index < -0.39 is 8.32 Å². The zero-order valence-electron chi connectivity index (χ0n) is 26.1. The van der Waals surface area contributed by atoms with Gasteiger partial charge < -0.3 is 18.8 Å². The molecule has 0 aliphatic heterocycles. The number of fused-ring (bicyclic) bond motifs is 1. The second kappa shape index (κ2) is 12.1. The highest BCUT2D eigenvalue weighted by Gasteiger charge is 2.36. The molecule has 4 heterocycles. The van der Waals surface area contributed by atoms with Gasteiger partial charge in [0.1, 0.15) is 29.2 Å². The van der Waals surface area contributed by atoms with Crippen LogP contribution in [0.25, 0.3) is 22.4 Å². The van der Waals surface area contributed by atoms with Crippen molar-refractivity contribution < 1.29 is 13.9 Å². The van der Waals surface area contributed by atoms with E-state index in [1.165, 1.54) is 0 Å². The van der Waals surface area contributed by atoms with Gasteiger partial charge in [0, 0.05) is 37.0 Å². The predicted molar refractivity (Wildman–Crippen MR) is 168 cm³/mol. The molecule has 0 saturated carbocycles. The minimum atomic E-state index is -1.85. The van der Waals surface area contributed by atoms with Crippen molar-refractivity contribution in [2.24, 2.45) is 7.05 Å². The second-order valence-electron chi connectivity index (χ2n) is 11.9. The molecule has 13 heteroatoms. The zero-order chi connectivity index (χ0) is 30.8. The van der Waals surface area contributed by atoms with Crippen LogP contribution in [0.4, 0.5) is 11.5 Å². The van der Waals surface area contributed by atoms with Gasteiger partial charge in [0.25, 0.3) is 0 Å². The Hall–Kier alpha value is -4.36. The average Bonchev–Trinajstić information content (AvgIpc) is 3.63. The first-order valence-corrected chi connectivity index (χ1v) is 17.0. The molecule has 0 aliphatic carbocycles. The fraction of sp³-hybridized carbons (Fsp3) is 0.400. The van der Waals surface area contributed by atoms with Crippen LogP contribution in [-0.2, 0) is 24.6 Å². The van der Waals surface area contributed by atoms with Crippen LogP contribution in [-0.4, -0.2) is 68.6 Å². The fourth-order valence-corrected chi connectivity index (χ4v) is 5.28. The van der Waals surface area contributed by atoms with E-state index >= 15 is 0 Å². The summed E-state index contributed by atoms with van der Waals surface area (Å²) in [6, 6.07) is 9.51. The van der Waals surface area contributed by atoms with Crippen LogP contribution in [0, 0.1) is 0 Å². The Morgan fingerprint density at radius 2 is 1.70 bits per heavy atom. The van der Waals surface area contributed by atoms with Gasteiger partial charge in [-0.2, -0.15) is 10.2 Å². The van der Waals surface area contributed by atoms with Crippen molar-refractivity contribution in [2.45, 2.75) is 52.0 Å². The normalized spacial score (nSPS) is 12.1. The molecule has 0 atom stereocenters. The van der Waals surface area contributed by atoms with Crippen LogP contribution in [0.3, 0.4) is 0 Å². The van der Waals surface area contributed by atoms with Gasteiger partial charge in [0.15, 0.2) is 19.8 Å². The molecule has 226 valence electrons. The highest BCUT2D eigenvalue weighted by Crippen LogP contribution is 2.36. The number of hydrogen-bond acceptors (Lipinski definition) is 10. The second-order valence-corrected chi connectivity index (χ2v) is 16.7. The monoisotopic (exact) mass is 601 g/mol. The van der Waals surface area contributed by atoms with Crippen molar-refractivity contribution in [3.63, 3.8) is 0 Å². The van der Waals surface area contributed by atoms with Crippen molar-refractivity contribution in [3.05, 3.63) is 61.1 Å². The number of methoxy groups -OCH3 is 2. The fourth-order valence-electron chi connectivity index (χ4n) is 4.25. The molecule has 1 aromatic carbocycles. The van der Waals surface area contributed by atoms with E-state index in [9.17, 15) is 0 Å². The van der Waals surface area contributed by atoms with E-state index in [4.69, 9.17) is 29.0 Å². The first-order valence-electron chi connectivity index (χ1n) is 14.1. The van der Waals surface area contributed by atoms with Crippen LogP contribution in [0.15, 0.2) is 55.2 Å². The van der Waals surface area contributed by atoms with E-state index in [1.54, 1.807) is 37.6 Å². The lowest BCUT2D eigenvalue weighted by atomic mass is 10.2. The van der Waals surface area contributed by atoms with Crippen LogP contribution in [0.5, 0.6) is 11.5 Å². The first kappa shape index (κ1) is 30.1. The molecule has 5 rings (SSSR count). The van der Waals surface area contributed by atoms with Gasteiger partial charge in [0.2, 0.25) is 0 Å². The van der Waals surface area contributed by atoms with Gasteiger partial charge in [-0.15, -0.1) is 0 Å². The number of anilines is 2. The Bertz CT molecular complexity index is 1690. The molecule has 0 amide bonds. The van der Waals surface area contributed by atoms with Gasteiger partial charge in [-0.1, -0.05) is 20.8 Å². The minimum Gasteiger partial charge on any atom is -0.497 e. The Labute approximate surface area is 252 Å². The Morgan fingerprint density at radius 1 is 0.953 bits per heavy atom. The van der Waals surface area contributed by atoms with Crippen molar-refractivity contribution in [1.82, 2.24) is 39.5 Å². The molecule has 12 nitrogen and oxygen atoms in total. The lowest BCUT2D eigenvalue weighted by molar-refractivity contribution is 0.265. The maximum absolute atomic E-state index is 6.35. The summed E-state index contributed by atoms with van der Waals surface area (Å²) in [6.45, 7) is 12.8. The molecule has 0 radical (unpaired) electrons. The number of ether oxygens (including phenoxy) is 2. The van der Waals surface area contributed by atoms with Gasteiger partial charge in [0.05, 0.1) is 57.7 Å². The molecule has 4 aromatic heterocycles. The summed E-state index contributed by atoms with van der Waals surface area (Å²) < 4.78 is 21.0. The smallest absolute Gasteiger partial charge is 0.192 e. The van der Waals surface area contributed by atoms with Gasteiger partial charge in [-0.3, -0.25) is 14.3 Å². The SMILES string of the molecule is COc1cc(OC)cc(N(Cc2ncn(CCO[Si](C)(C)C(C)(C)C)n2)c2ccc3ncc(-c4cnn(C)c4)nc3n2)c1. The molecular weight excluding hydrogens is 562 g/mol. The van der Waals surface area contributed by atoms with E-state index in [2.05, 4.69) is 48.9 Å². The molecule has 43 heavy (non-hydrogen) atoms. The highest BCUT2D eigenvalue weighted by molar-refractivity contribution is 6.74. The average molecular weight is 602 g/mol. The van der Waals surface area contributed by atoms with Crippen molar-refractivity contribution >= 4 is 31.0 Å². The number of pyridine rings is 1. The lowest BCUT2D eigenvalue weighted by Gasteiger charge is -2.36. The summed E-state index contributed by atoms with van der Waals surface area (Å²) in [7, 11) is 3.27. The number of hydrogen-bond donors (Lipinski definition) is 0. The van der Waals surface area contributed by atoms with E-state index in [-0.39, 0.29) is 5.04 Å². The summed E-state index contributed by atoms with van der Waals surface area (Å²) in [6.07, 6.45) is 7.13. The summed E-state index contributed by atoms with van der Waals surface area (Å²) in [5.74, 6) is 2.59. The van der Waals surface area contributed by atoms with Gasteiger partial charge in [-0.05, 0) is 30.3 Å². The summed E-state index contributed by atoms with van der Waals surface area (Å²) in [4.78, 5) is 20.9. The summed E-state index contributed by atoms with van der Waals surface area (Å²) in [5, 5.41) is 9.16. The molecule has 0 spiro atoms. The summed E-state index contributed by atoms with van der Waals surface area (Å²) in [5.41, 5.74) is 3.56. The number of aromatic nitrogens is 8. The van der Waals surface area contributed by atoms with E-state index in [1.807, 2.05) is 53.2 Å². The topological polar surface area (TPSA) is 118 Å². The predicted octanol–water partition coefficient (Wildman–Crippen LogP) is 5.39. The molecule has 0 unspecified atom stereocenters. The molecule has 0 N–H and O–H groups in total. The van der Waals surface area contributed by atoms with E-state index in [0.29, 0.717) is 59.7 Å².